The number of benzene rings is 2. The Morgan fingerprint density at radius 2 is 1.96 bits per heavy atom. The van der Waals surface area contributed by atoms with Crippen molar-refractivity contribution in [3.63, 3.8) is 0 Å². The van der Waals surface area contributed by atoms with E-state index in [-0.39, 0.29) is 0 Å². The van der Waals surface area contributed by atoms with Gasteiger partial charge in [-0.3, -0.25) is 0 Å². The maximum atomic E-state index is 4.89. The molecule has 0 aliphatic carbocycles. The van der Waals surface area contributed by atoms with E-state index in [0.717, 1.165) is 42.1 Å². The number of nitrogens with zero attached hydrogens (tertiary/aromatic N) is 3. The standard InChI is InChI=1S/C21H20N4/c1-14-24-20-19(17-7-6-15-4-2-3-5-16(15)12-17)9-11-23-21(20)25(14)18-8-10-22-13-18/h2-7,9,11-12,18,22H,8,10,13H2,1H3/t18-/m1/s1. The second-order valence-corrected chi connectivity index (χ2v) is 6.77. The number of aryl methyl sites for hydroxylation is 1. The minimum Gasteiger partial charge on any atom is -0.315 e. The van der Waals surface area contributed by atoms with E-state index in [0.29, 0.717) is 6.04 Å². The SMILES string of the molecule is Cc1nc2c(-c3ccc4ccccc4c3)ccnc2n1[C@@H]1CCNC1. The van der Waals surface area contributed by atoms with Crippen LogP contribution in [0.2, 0.25) is 0 Å². The highest BCUT2D eigenvalue weighted by Gasteiger charge is 2.22. The Bertz CT molecular complexity index is 1070. The number of rotatable bonds is 2. The molecule has 1 N–H and O–H groups in total. The smallest absolute Gasteiger partial charge is 0.160 e. The molecule has 0 radical (unpaired) electrons. The molecular formula is C21H20N4. The fourth-order valence-electron chi connectivity index (χ4n) is 3.99. The normalized spacial score (nSPS) is 17.6. The van der Waals surface area contributed by atoms with Gasteiger partial charge in [0.15, 0.2) is 5.65 Å². The van der Waals surface area contributed by atoms with Crippen LogP contribution in [0.3, 0.4) is 0 Å². The molecule has 1 atom stereocenters. The van der Waals surface area contributed by atoms with Crippen molar-refractivity contribution in [2.45, 2.75) is 19.4 Å². The van der Waals surface area contributed by atoms with Gasteiger partial charge < -0.3 is 9.88 Å². The quantitative estimate of drug-likeness (QED) is 0.602. The molecule has 2 aromatic heterocycles. The van der Waals surface area contributed by atoms with Crippen LogP contribution in [0.1, 0.15) is 18.3 Å². The molecule has 0 saturated carbocycles. The third-order valence-corrected chi connectivity index (χ3v) is 5.22. The van der Waals surface area contributed by atoms with E-state index in [1.54, 1.807) is 0 Å². The predicted octanol–water partition coefficient (Wildman–Crippen LogP) is 4.09. The summed E-state index contributed by atoms with van der Waals surface area (Å²) < 4.78 is 2.31. The number of hydrogen-bond acceptors (Lipinski definition) is 3. The zero-order valence-corrected chi connectivity index (χ0v) is 14.2. The number of fused-ring (bicyclic) bond motifs is 2. The van der Waals surface area contributed by atoms with E-state index in [2.05, 4.69) is 70.3 Å². The van der Waals surface area contributed by atoms with Crippen molar-refractivity contribution >= 4 is 21.9 Å². The first-order chi connectivity index (χ1) is 12.3. The third kappa shape index (κ3) is 2.33. The van der Waals surface area contributed by atoms with E-state index in [4.69, 9.17) is 4.98 Å². The van der Waals surface area contributed by atoms with Gasteiger partial charge in [0.1, 0.15) is 11.3 Å². The predicted molar refractivity (Wildman–Crippen MR) is 102 cm³/mol. The molecule has 1 aliphatic rings. The fraction of sp³-hybridized carbons (Fsp3) is 0.238. The maximum Gasteiger partial charge on any atom is 0.160 e. The lowest BCUT2D eigenvalue weighted by Crippen LogP contribution is -2.14. The Labute approximate surface area is 146 Å². The Morgan fingerprint density at radius 1 is 1.08 bits per heavy atom. The van der Waals surface area contributed by atoms with Gasteiger partial charge in [0.05, 0.1) is 6.04 Å². The summed E-state index contributed by atoms with van der Waals surface area (Å²) in [5, 5.41) is 5.95. The van der Waals surface area contributed by atoms with Gasteiger partial charge in [-0.1, -0.05) is 36.4 Å². The maximum absolute atomic E-state index is 4.89. The molecule has 1 saturated heterocycles. The van der Waals surface area contributed by atoms with E-state index in [1.165, 1.54) is 16.3 Å². The molecule has 4 heteroatoms. The highest BCUT2D eigenvalue weighted by molar-refractivity contribution is 5.94. The van der Waals surface area contributed by atoms with Crippen LogP contribution in [0.4, 0.5) is 0 Å². The van der Waals surface area contributed by atoms with Gasteiger partial charge in [0.2, 0.25) is 0 Å². The van der Waals surface area contributed by atoms with Gasteiger partial charge in [-0.25, -0.2) is 9.97 Å². The highest BCUT2D eigenvalue weighted by Crippen LogP contribution is 2.32. The van der Waals surface area contributed by atoms with Crippen LogP contribution in [0.5, 0.6) is 0 Å². The van der Waals surface area contributed by atoms with Gasteiger partial charge in [-0.05, 0) is 48.4 Å². The number of imidazole rings is 1. The summed E-state index contributed by atoms with van der Waals surface area (Å²) in [6.07, 6.45) is 3.04. The largest absolute Gasteiger partial charge is 0.315 e. The van der Waals surface area contributed by atoms with Crippen LogP contribution < -0.4 is 5.32 Å². The number of hydrogen-bond donors (Lipinski definition) is 1. The lowest BCUT2D eigenvalue weighted by Gasteiger charge is -2.13. The van der Waals surface area contributed by atoms with Crippen molar-refractivity contribution in [2.75, 3.05) is 13.1 Å². The molecule has 25 heavy (non-hydrogen) atoms. The summed E-state index contributed by atoms with van der Waals surface area (Å²) in [5.41, 5.74) is 4.35. The molecule has 4 aromatic rings. The Balaban J connectivity index is 1.71. The first kappa shape index (κ1) is 14.6. The van der Waals surface area contributed by atoms with Crippen LogP contribution >= 0.6 is 0 Å². The van der Waals surface area contributed by atoms with Crippen molar-refractivity contribution in [3.05, 3.63) is 60.6 Å². The number of aromatic nitrogens is 3. The molecule has 0 spiro atoms. The van der Waals surface area contributed by atoms with Crippen LogP contribution in [-0.2, 0) is 0 Å². The first-order valence-corrected chi connectivity index (χ1v) is 8.85. The second-order valence-electron chi connectivity index (χ2n) is 6.77. The summed E-state index contributed by atoms with van der Waals surface area (Å²) in [7, 11) is 0. The van der Waals surface area contributed by atoms with E-state index >= 15 is 0 Å². The second kappa shape index (κ2) is 5.67. The summed E-state index contributed by atoms with van der Waals surface area (Å²) in [5.74, 6) is 1.05. The minimum atomic E-state index is 0.448. The molecule has 1 aliphatic heterocycles. The van der Waals surface area contributed by atoms with Crippen LogP contribution in [0.25, 0.3) is 33.1 Å². The van der Waals surface area contributed by atoms with Crippen molar-refractivity contribution in [1.82, 2.24) is 19.9 Å². The van der Waals surface area contributed by atoms with Gasteiger partial charge >= 0.3 is 0 Å². The van der Waals surface area contributed by atoms with Crippen LogP contribution in [0.15, 0.2) is 54.7 Å². The molecule has 3 heterocycles. The first-order valence-electron chi connectivity index (χ1n) is 8.85. The topological polar surface area (TPSA) is 42.7 Å². The van der Waals surface area contributed by atoms with Crippen molar-refractivity contribution in [1.29, 1.82) is 0 Å². The van der Waals surface area contributed by atoms with Crippen molar-refractivity contribution in [2.24, 2.45) is 0 Å². The Hall–Kier alpha value is -2.72. The zero-order valence-electron chi connectivity index (χ0n) is 14.2. The highest BCUT2D eigenvalue weighted by atomic mass is 15.2. The molecular weight excluding hydrogens is 308 g/mol. The minimum absolute atomic E-state index is 0.448. The molecule has 5 rings (SSSR count). The lowest BCUT2D eigenvalue weighted by molar-refractivity contribution is 0.544. The molecule has 124 valence electrons. The number of pyridine rings is 1. The molecule has 0 unspecified atom stereocenters. The molecule has 1 fully saturated rings. The van der Waals surface area contributed by atoms with Gasteiger partial charge in [0, 0.05) is 18.3 Å². The lowest BCUT2D eigenvalue weighted by atomic mass is 10.0. The molecule has 4 nitrogen and oxygen atoms in total. The summed E-state index contributed by atoms with van der Waals surface area (Å²) in [6, 6.07) is 17.6. The van der Waals surface area contributed by atoms with Crippen molar-refractivity contribution in [3.8, 4) is 11.1 Å². The van der Waals surface area contributed by atoms with Gasteiger partial charge in [0.25, 0.3) is 0 Å². The van der Waals surface area contributed by atoms with Crippen LogP contribution in [-0.4, -0.2) is 27.6 Å². The van der Waals surface area contributed by atoms with Gasteiger partial charge in [-0.2, -0.15) is 0 Å². The monoisotopic (exact) mass is 328 g/mol. The van der Waals surface area contributed by atoms with Gasteiger partial charge in [-0.15, -0.1) is 0 Å². The average molecular weight is 328 g/mol. The summed E-state index contributed by atoms with van der Waals surface area (Å²) in [4.78, 5) is 9.55. The molecule has 0 bridgehead atoms. The molecule has 2 aromatic carbocycles. The number of nitrogens with one attached hydrogen (secondary N) is 1. The average Bonchev–Trinajstić information content (AvgIpc) is 3.27. The van der Waals surface area contributed by atoms with E-state index in [1.807, 2.05) is 6.20 Å². The van der Waals surface area contributed by atoms with E-state index in [9.17, 15) is 0 Å². The zero-order chi connectivity index (χ0) is 16.8. The van der Waals surface area contributed by atoms with Crippen LogP contribution in [0, 0.1) is 6.92 Å². The Morgan fingerprint density at radius 3 is 2.80 bits per heavy atom. The summed E-state index contributed by atoms with van der Waals surface area (Å²) >= 11 is 0. The van der Waals surface area contributed by atoms with E-state index < -0.39 is 0 Å². The summed E-state index contributed by atoms with van der Waals surface area (Å²) in [6.45, 7) is 4.15. The van der Waals surface area contributed by atoms with Crippen molar-refractivity contribution < 1.29 is 0 Å². The Kier molecular flexibility index (Phi) is 3.31. The molecule has 0 amide bonds. The fourth-order valence-corrected chi connectivity index (χ4v) is 3.99. The third-order valence-electron chi connectivity index (χ3n) is 5.22.